The van der Waals surface area contributed by atoms with Crippen LogP contribution in [-0.4, -0.2) is 4.57 Å². The first kappa shape index (κ1) is 58.6. The Balaban J connectivity index is 0.000000250. The quantitative estimate of drug-likeness (QED) is 0.132. The van der Waals surface area contributed by atoms with E-state index >= 15 is 0 Å². The van der Waals surface area contributed by atoms with Crippen LogP contribution in [0.1, 0.15) is 121 Å². The first-order chi connectivity index (χ1) is 43.3. The van der Waals surface area contributed by atoms with E-state index < -0.39 is 0 Å². The summed E-state index contributed by atoms with van der Waals surface area (Å²) in [6, 6.07) is 80.4. The normalized spacial score (nSPS) is 12.9. The molecule has 0 aliphatic heterocycles. The lowest BCUT2D eigenvalue weighted by molar-refractivity contribution is 0.878. The Kier molecular flexibility index (Phi) is 17.4. The van der Waals surface area contributed by atoms with Crippen molar-refractivity contribution in [3.63, 3.8) is 0 Å². The van der Waals surface area contributed by atoms with E-state index in [1.54, 1.807) is 0 Å². The Bertz CT molecular complexity index is 4700. The van der Waals surface area contributed by atoms with Crippen LogP contribution in [0.3, 0.4) is 0 Å². The van der Waals surface area contributed by atoms with Crippen molar-refractivity contribution in [2.24, 2.45) is 0 Å². The minimum Gasteiger partial charge on any atom is -0.314 e. The molecule has 0 saturated carbocycles. The maximum absolute atomic E-state index is 4.70. The molecule has 0 bridgehead atoms. The number of allylic oxidation sites excluding steroid dienone is 6. The van der Waals surface area contributed by atoms with E-state index in [0.29, 0.717) is 0 Å². The van der Waals surface area contributed by atoms with Crippen LogP contribution in [0.2, 0.25) is 0 Å². The fourth-order valence-electron chi connectivity index (χ4n) is 13.9. The average molecular weight is 1140 g/mol. The van der Waals surface area contributed by atoms with Crippen molar-refractivity contribution in [3.8, 4) is 22.4 Å². The molecule has 88 heavy (non-hydrogen) atoms. The van der Waals surface area contributed by atoms with Crippen molar-refractivity contribution >= 4 is 78.0 Å². The van der Waals surface area contributed by atoms with Crippen molar-refractivity contribution in [1.82, 2.24) is 4.57 Å². The van der Waals surface area contributed by atoms with Gasteiger partial charge in [-0.1, -0.05) is 252 Å². The smallest absolute Gasteiger partial charge is 0.0572 e. The topological polar surface area (TPSA) is 8.17 Å². The minimum absolute atomic E-state index is 0.800. The van der Waals surface area contributed by atoms with Crippen LogP contribution < -0.4 is 4.90 Å². The van der Waals surface area contributed by atoms with Crippen LogP contribution in [0.4, 0.5) is 11.4 Å². The molecule has 2 heteroatoms. The second kappa shape index (κ2) is 26.1. The Morgan fingerprint density at radius 2 is 1.12 bits per heavy atom. The summed E-state index contributed by atoms with van der Waals surface area (Å²) in [6.45, 7) is 21.3. The number of fused-ring (bicyclic) bond motifs is 13. The molecule has 3 aliphatic carbocycles. The zero-order chi connectivity index (χ0) is 60.8. The lowest BCUT2D eigenvalue weighted by atomic mass is 9.87. The third-order valence-corrected chi connectivity index (χ3v) is 18.0. The summed E-state index contributed by atoms with van der Waals surface area (Å²) in [6.07, 6.45) is 19.4. The molecule has 3 aliphatic rings. The van der Waals surface area contributed by atoms with Crippen molar-refractivity contribution in [2.45, 2.75) is 93.9 Å². The third kappa shape index (κ3) is 11.0. The van der Waals surface area contributed by atoms with Gasteiger partial charge >= 0.3 is 0 Å². The number of aryl methyl sites for hydroxylation is 4. The van der Waals surface area contributed by atoms with Gasteiger partial charge < -0.3 is 9.47 Å². The maximum Gasteiger partial charge on any atom is 0.0572 e. The van der Waals surface area contributed by atoms with Crippen molar-refractivity contribution < 1.29 is 0 Å². The molecule has 0 N–H and O–H groups in total. The summed E-state index contributed by atoms with van der Waals surface area (Å²) in [5, 5.41) is 9.38. The van der Waals surface area contributed by atoms with Crippen LogP contribution in [0.25, 0.3) is 89.0 Å². The Labute approximate surface area is 522 Å². The molecule has 1 heterocycles. The number of hydrogen-bond donors (Lipinski definition) is 0. The monoisotopic (exact) mass is 1140 g/mol. The van der Waals surface area contributed by atoms with Crippen LogP contribution in [-0.2, 0) is 25.7 Å². The molecule has 0 amide bonds. The summed E-state index contributed by atoms with van der Waals surface area (Å²) in [4.78, 5) is 2.46. The molecule has 0 spiro atoms. The highest BCUT2D eigenvalue weighted by Gasteiger charge is 2.29. The Morgan fingerprint density at radius 3 is 1.85 bits per heavy atom. The van der Waals surface area contributed by atoms with Crippen molar-refractivity contribution in [2.75, 3.05) is 4.90 Å². The van der Waals surface area contributed by atoms with E-state index in [2.05, 4.69) is 292 Å². The van der Waals surface area contributed by atoms with E-state index in [1.807, 2.05) is 27.7 Å². The highest BCUT2D eigenvalue weighted by Crippen LogP contribution is 2.47. The Morgan fingerprint density at radius 1 is 0.500 bits per heavy atom. The van der Waals surface area contributed by atoms with E-state index in [4.69, 9.17) is 6.58 Å². The van der Waals surface area contributed by atoms with E-state index in [0.717, 1.165) is 55.3 Å². The molecule has 0 saturated heterocycles. The highest BCUT2D eigenvalue weighted by atomic mass is 15.2. The summed E-state index contributed by atoms with van der Waals surface area (Å²) >= 11 is 0. The number of benzene rings is 11. The van der Waals surface area contributed by atoms with Crippen LogP contribution >= 0.6 is 0 Å². The first-order valence-electron chi connectivity index (χ1n) is 32.0. The maximum atomic E-state index is 4.70. The number of nitrogens with zero attached hydrogens (tertiary/aromatic N) is 2. The van der Waals surface area contributed by atoms with Gasteiger partial charge in [-0.25, -0.2) is 0 Å². The largest absolute Gasteiger partial charge is 0.314 e. The van der Waals surface area contributed by atoms with Gasteiger partial charge in [0.25, 0.3) is 0 Å². The summed E-state index contributed by atoms with van der Waals surface area (Å²) < 4.78 is 2.60. The Hall–Kier alpha value is -9.76. The SMILES string of the molecule is C=C(c1ccccc1/C=C\C)c1ccc2ccccc2c1Cc1ccc(N(C2=CC=C(n3c4c(c5c(/C=C\C)c(C)ccc53)CCc3ccccc3-4)CC2)c2ccc(C)cc2)cc1.CC.CC.c1ccc2c3c(ccc2c1)-c1c(ccc2ccccc12)C3. The molecule has 0 unspecified atom stereocenters. The van der Waals surface area contributed by atoms with Gasteiger partial charge in [0.1, 0.15) is 0 Å². The van der Waals surface area contributed by atoms with Gasteiger partial charge in [-0.2, -0.15) is 0 Å². The standard InChI is InChI=1S/C61H54N2.C21H14.2C2H6/c1-6-14-45-16-8-11-19-53(45)43(5)54-37-27-46-17-9-12-20-55(46)58(54)40-44-25-31-49(32-26-44)62(48-29-22-41(3)23-30-48)50-33-35-51(36-34-50)63-59-39-24-42(4)52(15-7-2)60(59)57-38-28-47-18-10-13-21-56(47)61(57)63;1-3-7-17-14(5-1)11-12-19-20(17)13-16-10-9-15-6-2-4-8-18(15)21(16)19;2*1-2/h6-27,29-33,35,37,39H,5,28,34,36,38,40H2,1-4H3;1-12H,13H2;2*1-2H3/b14-6-,15-7-;;;. The lowest BCUT2D eigenvalue weighted by Gasteiger charge is -2.31. The second-order valence-electron chi connectivity index (χ2n) is 23.0. The van der Waals surface area contributed by atoms with Gasteiger partial charge in [-0.3, -0.25) is 0 Å². The van der Waals surface area contributed by atoms with Gasteiger partial charge in [-0.15, -0.1) is 0 Å². The fraction of sp³-hybridized carbons (Fsp3) is 0.163. The fourth-order valence-corrected chi connectivity index (χ4v) is 13.9. The first-order valence-corrected chi connectivity index (χ1v) is 32.0. The highest BCUT2D eigenvalue weighted by molar-refractivity contribution is 6.06. The second-order valence-corrected chi connectivity index (χ2v) is 23.0. The van der Waals surface area contributed by atoms with E-state index in [1.165, 1.54) is 144 Å². The summed E-state index contributed by atoms with van der Waals surface area (Å²) in [7, 11) is 0. The van der Waals surface area contributed by atoms with Gasteiger partial charge in [0.2, 0.25) is 0 Å². The zero-order valence-electron chi connectivity index (χ0n) is 52.6. The van der Waals surface area contributed by atoms with Crippen molar-refractivity contribution in [3.05, 3.63) is 322 Å². The van der Waals surface area contributed by atoms with Gasteiger partial charge in [-0.05, 0) is 219 Å². The average Bonchev–Trinajstić information content (AvgIpc) is 1.70. The summed E-state index contributed by atoms with van der Waals surface area (Å²) in [5.74, 6) is 0. The van der Waals surface area contributed by atoms with E-state index in [9.17, 15) is 0 Å². The van der Waals surface area contributed by atoms with Gasteiger partial charge in [0.15, 0.2) is 0 Å². The van der Waals surface area contributed by atoms with Crippen LogP contribution in [0, 0.1) is 13.8 Å². The molecule has 1 aromatic heterocycles. The minimum atomic E-state index is 0.800. The number of aromatic nitrogens is 1. The summed E-state index contributed by atoms with van der Waals surface area (Å²) in [5.41, 5.74) is 28.8. The molecule has 12 aromatic rings. The van der Waals surface area contributed by atoms with Gasteiger partial charge in [0.05, 0.1) is 11.2 Å². The molecular formula is C86H80N2. The third-order valence-electron chi connectivity index (χ3n) is 18.0. The molecule has 434 valence electrons. The molecule has 15 rings (SSSR count). The molecule has 2 nitrogen and oxygen atoms in total. The molecule has 0 atom stereocenters. The number of hydrogen-bond acceptors (Lipinski definition) is 1. The van der Waals surface area contributed by atoms with Crippen LogP contribution in [0.5, 0.6) is 0 Å². The molecular weight excluding hydrogens is 1060 g/mol. The predicted octanol–water partition coefficient (Wildman–Crippen LogP) is 23.9. The van der Waals surface area contributed by atoms with E-state index in [-0.39, 0.29) is 0 Å². The number of anilines is 2. The molecule has 11 aromatic carbocycles. The lowest BCUT2D eigenvalue weighted by Crippen LogP contribution is -2.19. The predicted molar refractivity (Wildman–Crippen MR) is 384 cm³/mol. The molecule has 0 radical (unpaired) electrons. The number of rotatable bonds is 10. The van der Waals surface area contributed by atoms with Crippen molar-refractivity contribution in [1.29, 1.82) is 0 Å². The zero-order valence-corrected chi connectivity index (χ0v) is 52.6. The van der Waals surface area contributed by atoms with Crippen LogP contribution in [0.15, 0.2) is 255 Å². The molecule has 0 fully saturated rings. The van der Waals surface area contributed by atoms with Gasteiger partial charge in [0, 0.05) is 33.7 Å².